The minimum absolute atomic E-state index is 0.0198. The fourth-order valence-electron chi connectivity index (χ4n) is 1.73. The van der Waals surface area contributed by atoms with Gasteiger partial charge < -0.3 is 5.73 Å². The van der Waals surface area contributed by atoms with E-state index < -0.39 is 21.4 Å². The Labute approximate surface area is 116 Å². The highest BCUT2D eigenvalue weighted by atomic mass is 32.2. The van der Waals surface area contributed by atoms with Gasteiger partial charge in [0.1, 0.15) is 5.82 Å². The number of rotatable bonds is 3. The van der Waals surface area contributed by atoms with Crippen molar-refractivity contribution < 1.29 is 12.8 Å². The second-order valence-electron chi connectivity index (χ2n) is 4.25. The van der Waals surface area contributed by atoms with Crippen LogP contribution in [0.3, 0.4) is 0 Å². The van der Waals surface area contributed by atoms with Gasteiger partial charge in [-0.1, -0.05) is 12.1 Å². The molecule has 2 rings (SSSR count). The maximum Gasteiger partial charge on any atom is 0.182 e. The van der Waals surface area contributed by atoms with Crippen molar-refractivity contribution in [1.29, 1.82) is 5.26 Å². The van der Waals surface area contributed by atoms with Gasteiger partial charge in [0.05, 0.1) is 22.3 Å². The Morgan fingerprint density at radius 2 is 1.95 bits per heavy atom. The zero-order chi connectivity index (χ0) is 14.8. The predicted octanol–water partition coefficient (Wildman–Crippen LogP) is 2.25. The Hall–Kier alpha value is -2.39. The van der Waals surface area contributed by atoms with Crippen LogP contribution in [0.1, 0.15) is 11.1 Å². The van der Waals surface area contributed by atoms with Crippen LogP contribution in [0.2, 0.25) is 0 Å². The van der Waals surface area contributed by atoms with Gasteiger partial charge in [-0.25, -0.2) is 12.8 Å². The van der Waals surface area contributed by atoms with E-state index >= 15 is 0 Å². The fourth-order valence-corrected chi connectivity index (χ4v) is 3.14. The second kappa shape index (κ2) is 5.31. The van der Waals surface area contributed by atoms with Crippen LogP contribution in [0.5, 0.6) is 0 Å². The second-order valence-corrected chi connectivity index (χ2v) is 6.24. The van der Waals surface area contributed by atoms with E-state index in [1.54, 1.807) is 12.1 Å². The van der Waals surface area contributed by atoms with Gasteiger partial charge in [-0.3, -0.25) is 0 Å². The Morgan fingerprint density at radius 1 is 1.20 bits per heavy atom. The van der Waals surface area contributed by atoms with E-state index in [1.807, 2.05) is 0 Å². The third-order valence-electron chi connectivity index (χ3n) is 2.74. The maximum atomic E-state index is 13.7. The van der Waals surface area contributed by atoms with Crippen molar-refractivity contribution in [1.82, 2.24) is 0 Å². The van der Waals surface area contributed by atoms with Gasteiger partial charge >= 0.3 is 0 Å². The fraction of sp³-hybridized carbons (Fsp3) is 0.0714. The molecule has 2 aromatic rings. The van der Waals surface area contributed by atoms with Gasteiger partial charge in [0.25, 0.3) is 0 Å². The van der Waals surface area contributed by atoms with E-state index in [0.29, 0.717) is 5.69 Å². The molecule has 0 amide bonds. The summed E-state index contributed by atoms with van der Waals surface area (Å²) >= 11 is 0. The molecule has 0 unspecified atom stereocenters. The van der Waals surface area contributed by atoms with Crippen molar-refractivity contribution in [3.8, 4) is 6.07 Å². The Balaban J connectivity index is 2.36. The van der Waals surface area contributed by atoms with Gasteiger partial charge in [0.15, 0.2) is 9.84 Å². The number of nitrogens with two attached hydrogens (primary N) is 1. The average molecular weight is 290 g/mol. The van der Waals surface area contributed by atoms with Crippen LogP contribution < -0.4 is 5.73 Å². The summed E-state index contributed by atoms with van der Waals surface area (Å²) in [5.74, 6) is -1.19. The summed E-state index contributed by atoms with van der Waals surface area (Å²) in [5, 5.41) is 8.65. The molecule has 2 N–H and O–H groups in total. The first-order valence-electron chi connectivity index (χ1n) is 5.69. The van der Waals surface area contributed by atoms with Crippen LogP contribution >= 0.6 is 0 Å². The Morgan fingerprint density at radius 3 is 2.55 bits per heavy atom. The first kappa shape index (κ1) is 14.0. The normalized spacial score (nSPS) is 11.0. The molecule has 20 heavy (non-hydrogen) atoms. The van der Waals surface area contributed by atoms with Crippen LogP contribution in [-0.4, -0.2) is 8.42 Å². The lowest BCUT2D eigenvalue weighted by molar-refractivity contribution is 0.587. The molecule has 0 aliphatic heterocycles. The third kappa shape index (κ3) is 2.95. The van der Waals surface area contributed by atoms with Crippen LogP contribution in [0.25, 0.3) is 0 Å². The lowest BCUT2D eigenvalue weighted by Gasteiger charge is -2.06. The summed E-state index contributed by atoms with van der Waals surface area (Å²) in [4.78, 5) is 0.0428. The number of benzene rings is 2. The molecule has 0 heterocycles. The minimum Gasteiger partial charge on any atom is -0.399 e. The summed E-state index contributed by atoms with van der Waals surface area (Å²) in [7, 11) is -3.68. The molecule has 4 nitrogen and oxygen atoms in total. The molecule has 0 spiro atoms. The minimum atomic E-state index is -3.68. The van der Waals surface area contributed by atoms with Gasteiger partial charge in [0.2, 0.25) is 0 Å². The molecule has 2 aromatic carbocycles. The van der Waals surface area contributed by atoms with E-state index in [1.165, 1.54) is 30.3 Å². The van der Waals surface area contributed by atoms with Gasteiger partial charge in [-0.15, -0.1) is 0 Å². The Bertz CT molecular complexity index is 795. The lowest BCUT2D eigenvalue weighted by atomic mass is 10.1. The molecule has 0 aromatic heterocycles. The summed E-state index contributed by atoms with van der Waals surface area (Å²) < 4.78 is 38.1. The van der Waals surface area contributed by atoms with Crippen molar-refractivity contribution in [3.05, 3.63) is 59.4 Å². The quantitative estimate of drug-likeness (QED) is 0.879. The van der Waals surface area contributed by atoms with E-state index in [9.17, 15) is 12.8 Å². The summed E-state index contributed by atoms with van der Waals surface area (Å²) in [6, 6.07) is 11.3. The molecule has 0 bridgehead atoms. The molecule has 6 heteroatoms. The van der Waals surface area contributed by atoms with Crippen molar-refractivity contribution >= 4 is 15.5 Å². The number of hydrogen-bond acceptors (Lipinski definition) is 4. The third-order valence-corrected chi connectivity index (χ3v) is 4.41. The summed E-state index contributed by atoms with van der Waals surface area (Å²) in [6.07, 6.45) is 0. The summed E-state index contributed by atoms with van der Waals surface area (Å²) in [5.41, 5.74) is 6.03. The van der Waals surface area contributed by atoms with Gasteiger partial charge in [-0.2, -0.15) is 5.26 Å². The van der Waals surface area contributed by atoms with Crippen LogP contribution in [-0.2, 0) is 15.6 Å². The maximum absolute atomic E-state index is 13.7. The van der Waals surface area contributed by atoms with Crippen molar-refractivity contribution in [2.45, 2.75) is 10.6 Å². The first-order chi connectivity index (χ1) is 9.42. The molecule has 102 valence electrons. The molecule has 0 aliphatic carbocycles. The van der Waals surface area contributed by atoms with Crippen LogP contribution in [0.15, 0.2) is 47.4 Å². The largest absolute Gasteiger partial charge is 0.399 e. The topological polar surface area (TPSA) is 84.0 Å². The molecule has 0 saturated carbocycles. The molecular formula is C14H11FN2O2S. The van der Waals surface area contributed by atoms with Gasteiger partial charge in [-0.05, 0) is 30.3 Å². The molecular weight excluding hydrogens is 279 g/mol. The van der Waals surface area contributed by atoms with Crippen molar-refractivity contribution in [2.24, 2.45) is 0 Å². The number of nitriles is 1. The lowest BCUT2D eigenvalue weighted by Crippen LogP contribution is -2.07. The number of nitrogen functional groups attached to an aromatic ring is 1. The van der Waals surface area contributed by atoms with Crippen molar-refractivity contribution in [3.63, 3.8) is 0 Å². The van der Waals surface area contributed by atoms with Gasteiger partial charge in [0, 0.05) is 11.3 Å². The number of nitrogens with zero attached hydrogens (tertiary/aromatic N) is 1. The summed E-state index contributed by atoms with van der Waals surface area (Å²) in [6.45, 7) is 0. The SMILES string of the molecule is N#Cc1ccc(CS(=O)(=O)c2cccc(N)c2)c(F)c1. The number of halogens is 1. The molecule has 0 atom stereocenters. The highest BCUT2D eigenvalue weighted by Crippen LogP contribution is 2.20. The predicted molar refractivity (Wildman–Crippen MR) is 72.9 cm³/mol. The van der Waals surface area contributed by atoms with E-state index in [2.05, 4.69) is 0 Å². The zero-order valence-electron chi connectivity index (χ0n) is 10.4. The molecule has 0 saturated heterocycles. The first-order valence-corrected chi connectivity index (χ1v) is 7.34. The number of hydrogen-bond donors (Lipinski definition) is 1. The van der Waals surface area contributed by atoms with E-state index in [0.717, 1.165) is 6.07 Å². The van der Waals surface area contributed by atoms with E-state index in [4.69, 9.17) is 11.0 Å². The Kier molecular flexibility index (Phi) is 3.72. The molecule has 0 radical (unpaired) electrons. The van der Waals surface area contributed by atoms with Crippen LogP contribution in [0.4, 0.5) is 10.1 Å². The number of sulfone groups is 1. The highest BCUT2D eigenvalue weighted by molar-refractivity contribution is 7.90. The van der Waals surface area contributed by atoms with Crippen LogP contribution in [0, 0.1) is 17.1 Å². The zero-order valence-corrected chi connectivity index (χ0v) is 11.2. The smallest absolute Gasteiger partial charge is 0.182 e. The average Bonchev–Trinajstić information content (AvgIpc) is 2.41. The highest BCUT2D eigenvalue weighted by Gasteiger charge is 2.18. The molecule has 0 aliphatic rings. The molecule has 0 fully saturated rings. The van der Waals surface area contributed by atoms with Crippen molar-refractivity contribution in [2.75, 3.05) is 5.73 Å². The monoisotopic (exact) mass is 290 g/mol. The standard InChI is InChI=1S/C14H11FN2O2S/c15-14-6-10(8-16)4-5-11(14)9-20(18,19)13-3-1-2-12(17)7-13/h1-7H,9,17H2. The number of anilines is 1. The van der Waals surface area contributed by atoms with E-state index in [-0.39, 0.29) is 16.0 Å².